The van der Waals surface area contributed by atoms with Crippen LogP contribution in [0.4, 0.5) is 5.82 Å². The Hall–Kier alpha value is -2.91. The van der Waals surface area contributed by atoms with Gasteiger partial charge in [-0.05, 0) is 30.5 Å². The number of imidazole rings is 1. The first-order chi connectivity index (χ1) is 10.7. The molecule has 1 aromatic carbocycles. The maximum atomic E-state index is 5.92. The van der Waals surface area contributed by atoms with Gasteiger partial charge < -0.3 is 15.5 Å². The summed E-state index contributed by atoms with van der Waals surface area (Å²) in [6.45, 7) is 2.37. The zero-order valence-corrected chi connectivity index (χ0v) is 12.3. The molecule has 0 fully saturated rings. The van der Waals surface area contributed by atoms with E-state index < -0.39 is 0 Å². The molecule has 0 radical (unpaired) electrons. The Morgan fingerprint density at radius 3 is 3.05 bits per heavy atom. The summed E-state index contributed by atoms with van der Waals surface area (Å²) in [5.41, 5.74) is 9.90. The van der Waals surface area contributed by atoms with Gasteiger partial charge in [-0.15, -0.1) is 0 Å². The van der Waals surface area contributed by atoms with E-state index in [4.69, 9.17) is 10.5 Å². The number of H-pyrrole nitrogens is 1. The van der Waals surface area contributed by atoms with E-state index in [0.717, 1.165) is 16.6 Å². The first-order valence-corrected chi connectivity index (χ1v) is 6.74. The predicted octanol–water partition coefficient (Wildman–Crippen LogP) is 2.40. The molecule has 3 N–H and O–H groups in total. The highest BCUT2D eigenvalue weighted by molar-refractivity contribution is 5.81. The average molecular weight is 297 g/mol. The highest BCUT2D eigenvalue weighted by Gasteiger charge is 2.12. The highest BCUT2D eigenvalue weighted by atomic mass is 16.5. The fourth-order valence-corrected chi connectivity index (χ4v) is 2.07. The minimum atomic E-state index is 0. The van der Waals surface area contributed by atoms with Gasteiger partial charge in [-0.2, -0.15) is 0 Å². The SMILES string of the molecule is COCC#Cc1cnc(N)c(-c2nc3ccc(C)cc3[nH]2)n1.[HH].[HH]. The van der Waals surface area contributed by atoms with Gasteiger partial charge in [-0.1, -0.05) is 12.0 Å². The van der Waals surface area contributed by atoms with Crippen molar-refractivity contribution in [2.45, 2.75) is 6.92 Å². The number of hydrogen-bond donors (Lipinski definition) is 2. The van der Waals surface area contributed by atoms with Gasteiger partial charge in [-0.3, -0.25) is 0 Å². The molecule has 0 spiro atoms. The van der Waals surface area contributed by atoms with Crippen LogP contribution in [-0.2, 0) is 4.74 Å². The van der Waals surface area contributed by atoms with E-state index in [2.05, 4.69) is 31.8 Å². The maximum Gasteiger partial charge on any atom is 0.161 e. The normalized spacial score (nSPS) is 10.5. The third-order valence-electron chi connectivity index (χ3n) is 3.10. The Morgan fingerprint density at radius 2 is 2.23 bits per heavy atom. The minimum Gasteiger partial charge on any atom is -0.382 e. The first kappa shape index (κ1) is 14.0. The minimum absolute atomic E-state index is 0. The molecule has 22 heavy (non-hydrogen) atoms. The molecular formula is C16H19N5O. The van der Waals surface area contributed by atoms with Crippen molar-refractivity contribution in [1.82, 2.24) is 19.9 Å². The Bertz CT molecular complexity index is 898. The number of nitrogens with zero attached hydrogens (tertiary/aromatic N) is 3. The van der Waals surface area contributed by atoms with Crippen molar-refractivity contribution in [3.05, 3.63) is 35.7 Å². The van der Waals surface area contributed by atoms with E-state index in [1.54, 1.807) is 7.11 Å². The van der Waals surface area contributed by atoms with Crippen LogP contribution >= 0.6 is 0 Å². The quantitative estimate of drug-likeness (QED) is 0.709. The molecule has 0 aliphatic carbocycles. The van der Waals surface area contributed by atoms with Gasteiger partial charge >= 0.3 is 0 Å². The van der Waals surface area contributed by atoms with E-state index in [1.165, 1.54) is 6.20 Å². The second-order valence-corrected chi connectivity index (χ2v) is 4.83. The van der Waals surface area contributed by atoms with E-state index in [9.17, 15) is 0 Å². The number of methoxy groups -OCH3 is 1. The Balaban J connectivity index is 0.00000144. The summed E-state index contributed by atoms with van der Waals surface area (Å²) >= 11 is 0. The predicted molar refractivity (Wildman–Crippen MR) is 89.3 cm³/mol. The summed E-state index contributed by atoms with van der Waals surface area (Å²) in [5, 5.41) is 0. The topological polar surface area (TPSA) is 89.7 Å². The van der Waals surface area contributed by atoms with Gasteiger partial charge in [0.1, 0.15) is 18.0 Å². The molecule has 0 atom stereocenters. The molecule has 0 aliphatic heterocycles. The fraction of sp³-hybridized carbons (Fsp3) is 0.188. The number of nitrogens with one attached hydrogen (secondary N) is 1. The van der Waals surface area contributed by atoms with Gasteiger partial charge in [0.15, 0.2) is 11.6 Å². The van der Waals surface area contributed by atoms with Crippen LogP contribution in [0.3, 0.4) is 0 Å². The summed E-state index contributed by atoms with van der Waals surface area (Å²) < 4.78 is 4.89. The number of ether oxygens (including phenoxy) is 1. The maximum absolute atomic E-state index is 5.92. The number of fused-ring (bicyclic) bond motifs is 1. The Morgan fingerprint density at radius 1 is 1.36 bits per heavy atom. The highest BCUT2D eigenvalue weighted by Crippen LogP contribution is 2.23. The lowest BCUT2D eigenvalue weighted by molar-refractivity contribution is 0.240. The largest absolute Gasteiger partial charge is 0.382 e. The van der Waals surface area contributed by atoms with Crippen molar-refractivity contribution in [1.29, 1.82) is 0 Å². The summed E-state index contributed by atoms with van der Waals surface area (Å²) in [4.78, 5) is 16.3. The van der Waals surface area contributed by atoms with Gasteiger partial charge in [0.25, 0.3) is 0 Å². The van der Waals surface area contributed by atoms with Crippen LogP contribution in [0.5, 0.6) is 0 Å². The number of nitrogens with two attached hydrogens (primary N) is 1. The molecule has 114 valence electrons. The number of nitrogen functional groups attached to an aromatic ring is 1. The standard InChI is InChI=1S/C16H15N5O.2H2/c1-10-5-6-12-13(8-10)21-16(20-12)14-15(17)18-9-11(19-14)4-3-7-22-2;;/h5-6,8-9H,7H2,1-2H3,(H2,17,18)(H,20,21);2*1H. The summed E-state index contributed by atoms with van der Waals surface area (Å²) in [5.74, 6) is 6.61. The molecule has 0 saturated heterocycles. The third kappa shape index (κ3) is 2.75. The van der Waals surface area contributed by atoms with Crippen molar-refractivity contribution in [2.24, 2.45) is 0 Å². The van der Waals surface area contributed by atoms with Crippen LogP contribution in [0.1, 0.15) is 14.1 Å². The number of hydrogen-bond acceptors (Lipinski definition) is 5. The van der Waals surface area contributed by atoms with Crippen molar-refractivity contribution < 1.29 is 7.59 Å². The van der Waals surface area contributed by atoms with Crippen LogP contribution in [0.25, 0.3) is 22.6 Å². The lowest BCUT2D eigenvalue weighted by Crippen LogP contribution is -2.00. The van der Waals surface area contributed by atoms with Gasteiger partial charge in [0.2, 0.25) is 0 Å². The fourth-order valence-electron chi connectivity index (χ4n) is 2.07. The van der Waals surface area contributed by atoms with Crippen LogP contribution in [-0.4, -0.2) is 33.7 Å². The summed E-state index contributed by atoms with van der Waals surface area (Å²) in [6.07, 6.45) is 1.54. The monoisotopic (exact) mass is 297 g/mol. The van der Waals surface area contributed by atoms with Crippen molar-refractivity contribution >= 4 is 16.9 Å². The molecule has 0 amide bonds. The second-order valence-electron chi connectivity index (χ2n) is 4.83. The van der Waals surface area contributed by atoms with E-state index in [-0.39, 0.29) is 2.85 Å². The van der Waals surface area contributed by atoms with E-state index in [1.807, 2.05) is 25.1 Å². The second kappa shape index (κ2) is 5.84. The molecule has 3 aromatic rings. The van der Waals surface area contributed by atoms with Gasteiger partial charge in [0, 0.05) is 9.96 Å². The number of aryl methyl sites for hydroxylation is 1. The molecule has 0 aliphatic rings. The Labute approximate surface area is 130 Å². The molecular weight excluding hydrogens is 278 g/mol. The number of anilines is 1. The van der Waals surface area contributed by atoms with Crippen molar-refractivity contribution in [3.63, 3.8) is 0 Å². The number of aromatic nitrogens is 4. The molecule has 2 heterocycles. The average Bonchev–Trinajstić information content (AvgIpc) is 2.92. The van der Waals surface area contributed by atoms with Crippen LogP contribution in [0.15, 0.2) is 24.4 Å². The molecule has 0 bridgehead atoms. The van der Waals surface area contributed by atoms with Crippen LogP contribution in [0, 0.1) is 18.8 Å². The van der Waals surface area contributed by atoms with Gasteiger partial charge in [-0.25, -0.2) is 15.0 Å². The summed E-state index contributed by atoms with van der Waals surface area (Å²) in [7, 11) is 1.59. The first-order valence-electron chi connectivity index (χ1n) is 6.74. The molecule has 6 heteroatoms. The summed E-state index contributed by atoms with van der Waals surface area (Å²) in [6, 6.07) is 5.99. The molecule has 6 nitrogen and oxygen atoms in total. The molecule has 3 rings (SSSR count). The third-order valence-corrected chi connectivity index (χ3v) is 3.10. The van der Waals surface area contributed by atoms with Crippen LogP contribution < -0.4 is 5.73 Å². The molecule has 0 unspecified atom stereocenters. The number of aromatic amines is 1. The number of benzene rings is 1. The zero-order valence-electron chi connectivity index (χ0n) is 12.3. The number of rotatable bonds is 2. The Kier molecular flexibility index (Phi) is 3.73. The van der Waals surface area contributed by atoms with Gasteiger partial charge in [0.05, 0.1) is 17.2 Å². The zero-order chi connectivity index (χ0) is 15.5. The van der Waals surface area contributed by atoms with E-state index >= 15 is 0 Å². The van der Waals surface area contributed by atoms with Crippen LogP contribution in [0.2, 0.25) is 0 Å². The van der Waals surface area contributed by atoms with Crippen molar-refractivity contribution in [3.8, 4) is 23.4 Å². The molecule has 2 aromatic heterocycles. The van der Waals surface area contributed by atoms with Crippen molar-refractivity contribution in [2.75, 3.05) is 19.5 Å². The smallest absolute Gasteiger partial charge is 0.161 e. The van der Waals surface area contributed by atoms with E-state index in [0.29, 0.717) is 29.6 Å². The molecule has 0 saturated carbocycles. The lowest BCUT2D eigenvalue weighted by Gasteiger charge is -2.00. The lowest BCUT2D eigenvalue weighted by atomic mass is 10.2.